The summed E-state index contributed by atoms with van der Waals surface area (Å²) in [6.07, 6.45) is -3.24. The van der Waals surface area contributed by atoms with E-state index in [1.165, 1.54) is 44.0 Å². The summed E-state index contributed by atoms with van der Waals surface area (Å²) in [6.45, 7) is 7.41. The number of rotatable bonds is 5. The van der Waals surface area contributed by atoms with Crippen molar-refractivity contribution in [2.75, 3.05) is 11.9 Å². The SMILES string of the molecule is C=C/C(=C\C(=C(/C)C#N)C(F)(F)F)N1C(=O)C(C)(C)N(c2ccc(C(=O)NC)c(F)c2)C1=S. The predicted molar refractivity (Wildman–Crippen MR) is 118 cm³/mol. The number of hydrogen-bond acceptors (Lipinski definition) is 4. The van der Waals surface area contributed by atoms with Crippen molar-refractivity contribution in [3.05, 3.63) is 65.2 Å². The summed E-state index contributed by atoms with van der Waals surface area (Å²) in [4.78, 5) is 27.1. The van der Waals surface area contributed by atoms with Crippen molar-refractivity contribution in [1.29, 1.82) is 5.26 Å². The molecule has 0 radical (unpaired) electrons. The summed E-state index contributed by atoms with van der Waals surface area (Å²) in [5, 5.41) is 11.0. The Kier molecular flexibility index (Phi) is 7.14. The van der Waals surface area contributed by atoms with E-state index in [0.717, 1.165) is 24.0 Å². The van der Waals surface area contributed by atoms with Crippen LogP contribution in [-0.2, 0) is 4.79 Å². The molecule has 1 N–H and O–H groups in total. The molecule has 0 bridgehead atoms. The Labute approximate surface area is 193 Å². The van der Waals surface area contributed by atoms with Gasteiger partial charge in [-0.1, -0.05) is 6.58 Å². The number of nitrogens with zero attached hydrogens (tertiary/aromatic N) is 3. The molecule has 2 amide bonds. The zero-order chi connectivity index (χ0) is 25.3. The molecule has 1 heterocycles. The first kappa shape index (κ1) is 25.7. The van der Waals surface area contributed by atoms with Crippen molar-refractivity contribution < 1.29 is 27.2 Å². The van der Waals surface area contributed by atoms with Crippen LogP contribution in [0.4, 0.5) is 23.2 Å². The molecule has 0 aromatic heterocycles. The first-order chi connectivity index (χ1) is 15.2. The standard InChI is InChI=1S/C22H20F4N4O2S/c1-6-13(9-16(12(2)11-27)22(24,25)26)29-19(32)21(3,4)30(20(29)33)14-7-8-15(17(23)10-14)18(31)28-5/h6-10H,1H2,2-5H3,(H,28,31)/b13-9+,16-12-. The molecule has 1 saturated heterocycles. The molecule has 1 aliphatic rings. The first-order valence-electron chi connectivity index (χ1n) is 9.45. The van der Waals surface area contributed by atoms with E-state index in [1.54, 1.807) is 0 Å². The highest BCUT2D eigenvalue weighted by atomic mass is 32.1. The van der Waals surface area contributed by atoms with Gasteiger partial charge in [0, 0.05) is 18.3 Å². The highest BCUT2D eigenvalue weighted by Gasteiger charge is 2.51. The lowest BCUT2D eigenvalue weighted by atomic mass is 10.0. The van der Waals surface area contributed by atoms with Crippen molar-refractivity contribution >= 4 is 34.8 Å². The number of benzene rings is 1. The second-order valence-electron chi connectivity index (χ2n) is 7.48. The highest BCUT2D eigenvalue weighted by Crippen LogP contribution is 2.38. The minimum absolute atomic E-state index is 0.120. The maximum absolute atomic E-state index is 14.6. The average Bonchev–Trinajstić information content (AvgIpc) is 2.91. The molecule has 0 unspecified atom stereocenters. The molecule has 0 aliphatic carbocycles. The normalized spacial score (nSPS) is 17.0. The van der Waals surface area contributed by atoms with Gasteiger partial charge in [0.2, 0.25) is 0 Å². The summed E-state index contributed by atoms with van der Waals surface area (Å²) < 4.78 is 55.0. The lowest BCUT2D eigenvalue weighted by Gasteiger charge is -2.29. The van der Waals surface area contributed by atoms with Crippen molar-refractivity contribution in [2.24, 2.45) is 0 Å². The summed E-state index contributed by atoms with van der Waals surface area (Å²) >= 11 is 5.38. The molecule has 11 heteroatoms. The van der Waals surface area contributed by atoms with Gasteiger partial charge >= 0.3 is 6.18 Å². The number of amides is 2. The zero-order valence-electron chi connectivity index (χ0n) is 18.2. The van der Waals surface area contributed by atoms with Crippen LogP contribution >= 0.6 is 12.2 Å². The quantitative estimate of drug-likeness (QED) is 0.293. The van der Waals surface area contributed by atoms with Crippen molar-refractivity contribution in [3.8, 4) is 6.07 Å². The van der Waals surface area contributed by atoms with E-state index in [-0.39, 0.29) is 22.1 Å². The van der Waals surface area contributed by atoms with Crippen LogP contribution in [0.2, 0.25) is 0 Å². The molecule has 1 aliphatic heterocycles. The summed E-state index contributed by atoms with van der Waals surface area (Å²) in [7, 11) is 1.34. The number of carbonyl (C=O) groups excluding carboxylic acids is 2. The summed E-state index contributed by atoms with van der Waals surface area (Å²) in [5.41, 5.74) is -3.69. The molecule has 33 heavy (non-hydrogen) atoms. The van der Waals surface area contributed by atoms with Gasteiger partial charge in [-0.3, -0.25) is 14.5 Å². The fourth-order valence-corrected chi connectivity index (χ4v) is 3.77. The number of anilines is 1. The predicted octanol–water partition coefficient (Wildman–Crippen LogP) is 4.37. The van der Waals surface area contributed by atoms with E-state index in [4.69, 9.17) is 17.5 Å². The molecule has 1 aromatic carbocycles. The van der Waals surface area contributed by atoms with Gasteiger partial charge in [0.15, 0.2) is 5.11 Å². The van der Waals surface area contributed by atoms with Gasteiger partial charge in [0.25, 0.3) is 11.8 Å². The van der Waals surface area contributed by atoms with Gasteiger partial charge in [-0.2, -0.15) is 18.4 Å². The number of halogens is 4. The number of nitriles is 1. The van der Waals surface area contributed by atoms with Gasteiger partial charge < -0.3 is 10.2 Å². The smallest absolute Gasteiger partial charge is 0.355 e. The van der Waals surface area contributed by atoms with Crippen LogP contribution in [0.25, 0.3) is 0 Å². The fraction of sp³-hybridized carbons (Fsp3) is 0.273. The summed E-state index contributed by atoms with van der Waals surface area (Å²) in [5.74, 6) is -2.22. The minimum Gasteiger partial charge on any atom is -0.355 e. The van der Waals surface area contributed by atoms with Gasteiger partial charge in [-0.05, 0) is 63.3 Å². The average molecular weight is 480 g/mol. The van der Waals surface area contributed by atoms with Crippen LogP contribution in [0.3, 0.4) is 0 Å². The van der Waals surface area contributed by atoms with Gasteiger partial charge in [-0.15, -0.1) is 0 Å². The number of carbonyl (C=O) groups is 2. The molecule has 0 atom stereocenters. The number of alkyl halides is 3. The Hall–Kier alpha value is -3.52. The topological polar surface area (TPSA) is 76.4 Å². The van der Waals surface area contributed by atoms with E-state index in [0.29, 0.717) is 6.08 Å². The molecule has 174 valence electrons. The molecule has 0 saturated carbocycles. The van der Waals surface area contributed by atoms with E-state index in [9.17, 15) is 27.2 Å². The van der Waals surface area contributed by atoms with E-state index >= 15 is 0 Å². The Balaban J connectivity index is 2.63. The van der Waals surface area contributed by atoms with Crippen molar-refractivity contribution in [1.82, 2.24) is 10.2 Å². The third-order valence-corrected chi connectivity index (χ3v) is 5.35. The Morgan fingerprint density at radius 2 is 1.94 bits per heavy atom. The first-order valence-corrected chi connectivity index (χ1v) is 9.85. The third-order valence-electron chi connectivity index (χ3n) is 4.99. The molecule has 1 fully saturated rings. The Morgan fingerprint density at radius 1 is 1.33 bits per heavy atom. The largest absolute Gasteiger partial charge is 0.417 e. The van der Waals surface area contributed by atoms with Crippen LogP contribution in [0.5, 0.6) is 0 Å². The number of thiocarbonyl (C=S) groups is 1. The number of allylic oxidation sites excluding steroid dienone is 4. The number of nitrogens with one attached hydrogen (secondary N) is 1. The lowest BCUT2D eigenvalue weighted by Crippen LogP contribution is -2.44. The molecular formula is C22H20F4N4O2S. The van der Waals surface area contributed by atoms with Gasteiger partial charge in [0.05, 0.1) is 22.9 Å². The molecule has 6 nitrogen and oxygen atoms in total. The van der Waals surface area contributed by atoms with Crippen molar-refractivity contribution in [3.63, 3.8) is 0 Å². The third kappa shape index (κ3) is 4.66. The molecular weight excluding hydrogens is 460 g/mol. The van der Waals surface area contributed by atoms with Crippen LogP contribution in [0.15, 0.2) is 53.8 Å². The highest BCUT2D eigenvalue weighted by molar-refractivity contribution is 7.80. The lowest BCUT2D eigenvalue weighted by molar-refractivity contribution is -0.128. The van der Waals surface area contributed by atoms with Crippen molar-refractivity contribution in [2.45, 2.75) is 32.5 Å². The maximum atomic E-state index is 14.6. The van der Waals surface area contributed by atoms with E-state index in [2.05, 4.69) is 11.9 Å². The molecule has 0 spiro atoms. The minimum atomic E-state index is -4.87. The fourth-order valence-electron chi connectivity index (χ4n) is 3.24. The second-order valence-corrected chi connectivity index (χ2v) is 7.85. The van der Waals surface area contributed by atoms with Crippen LogP contribution in [0, 0.1) is 17.1 Å². The molecule has 1 aromatic rings. The van der Waals surface area contributed by atoms with Gasteiger partial charge in [0.1, 0.15) is 11.4 Å². The summed E-state index contributed by atoms with van der Waals surface area (Å²) in [6, 6.07) is 5.04. The Bertz CT molecular complexity index is 1150. The van der Waals surface area contributed by atoms with E-state index < -0.39 is 40.5 Å². The second kappa shape index (κ2) is 9.15. The maximum Gasteiger partial charge on any atom is 0.417 e. The van der Waals surface area contributed by atoms with Crippen LogP contribution in [0.1, 0.15) is 31.1 Å². The Morgan fingerprint density at radius 3 is 2.39 bits per heavy atom. The van der Waals surface area contributed by atoms with Gasteiger partial charge in [-0.25, -0.2) is 4.39 Å². The monoisotopic (exact) mass is 480 g/mol. The number of hydrogen-bond donors (Lipinski definition) is 1. The molecule has 2 rings (SSSR count). The van der Waals surface area contributed by atoms with E-state index in [1.807, 2.05) is 0 Å². The van der Waals surface area contributed by atoms with Crippen LogP contribution < -0.4 is 10.2 Å². The van der Waals surface area contributed by atoms with Crippen LogP contribution in [-0.4, -0.2) is 40.6 Å². The zero-order valence-corrected chi connectivity index (χ0v) is 19.0.